The number of hydrogen-bond donors (Lipinski definition) is 1. The van der Waals surface area contributed by atoms with E-state index in [1.165, 1.54) is 18.2 Å². The minimum absolute atomic E-state index is 0.137. The van der Waals surface area contributed by atoms with Gasteiger partial charge in [0, 0.05) is 12.1 Å². The van der Waals surface area contributed by atoms with Crippen molar-refractivity contribution >= 4 is 5.69 Å². The van der Waals surface area contributed by atoms with E-state index >= 15 is 0 Å². The first-order valence-corrected chi connectivity index (χ1v) is 4.36. The molecule has 1 aliphatic rings. The highest BCUT2D eigenvalue weighted by Crippen LogP contribution is 2.32. The van der Waals surface area contributed by atoms with Gasteiger partial charge in [0.05, 0.1) is 10.5 Å². The highest BCUT2D eigenvalue weighted by Gasteiger charge is 2.29. The van der Waals surface area contributed by atoms with Crippen molar-refractivity contribution in [2.24, 2.45) is 0 Å². The fourth-order valence-electron chi connectivity index (χ4n) is 1.56. The molecule has 1 fully saturated rings. The number of nitrogens with one attached hydrogen (secondary N) is 1. The zero-order valence-corrected chi connectivity index (χ0v) is 7.37. The van der Waals surface area contributed by atoms with Crippen molar-refractivity contribution in [3.05, 3.63) is 39.7 Å². The molecule has 1 aromatic carbocycles. The lowest BCUT2D eigenvalue weighted by molar-refractivity contribution is -0.386. The lowest BCUT2D eigenvalue weighted by Gasteiger charge is -2.27. The fraction of sp³-hybridized carbons (Fsp3) is 0.333. The van der Waals surface area contributed by atoms with E-state index < -0.39 is 10.7 Å². The molecule has 0 radical (unpaired) electrons. The molecule has 0 amide bonds. The quantitative estimate of drug-likeness (QED) is 0.579. The minimum atomic E-state index is -0.543. The summed E-state index contributed by atoms with van der Waals surface area (Å²) >= 11 is 0. The zero-order chi connectivity index (χ0) is 10.1. The van der Waals surface area contributed by atoms with Crippen LogP contribution >= 0.6 is 0 Å². The Labute approximate surface area is 79.9 Å². The van der Waals surface area contributed by atoms with Gasteiger partial charge in [-0.05, 0) is 19.0 Å². The molecule has 1 atom stereocenters. The van der Waals surface area contributed by atoms with Gasteiger partial charge in [0.15, 0.2) is 0 Å². The first-order valence-electron chi connectivity index (χ1n) is 4.36. The molecule has 1 aliphatic heterocycles. The molecule has 1 unspecified atom stereocenters. The van der Waals surface area contributed by atoms with Gasteiger partial charge in [-0.2, -0.15) is 0 Å². The van der Waals surface area contributed by atoms with Gasteiger partial charge in [-0.15, -0.1) is 0 Å². The Kier molecular flexibility index (Phi) is 2.17. The lowest BCUT2D eigenvalue weighted by atomic mass is 9.96. The van der Waals surface area contributed by atoms with Crippen LogP contribution in [-0.4, -0.2) is 11.5 Å². The summed E-state index contributed by atoms with van der Waals surface area (Å²) in [7, 11) is 0. The third-order valence-electron chi connectivity index (χ3n) is 2.40. The number of rotatable bonds is 2. The van der Waals surface area contributed by atoms with Crippen LogP contribution in [0, 0.1) is 15.9 Å². The second kappa shape index (κ2) is 3.34. The predicted octanol–water partition coefficient (Wildman–Crippen LogP) is 1.77. The van der Waals surface area contributed by atoms with E-state index in [9.17, 15) is 14.5 Å². The van der Waals surface area contributed by atoms with Crippen LogP contribution in [0.5, 0.6) is 0 Å². The Hall–Kier alpha value is -1.49. The summed E-state index contributed by atoms with van der Waals surface area (Å²) in [5.74, 6) is -0.503. The van der Waals surface area contributed by atoms with E-state index in [1.54, 1.807) is 0 Å². The van der Waals surface area contributed by atoms with Crippen LogP contribution in [0.15, 0.2) is 18.2 Å². The van der Waals surface area contributed by atoms with Crippen LogP contribution in [0.3, 0.4) is 0 Å². The van der Waals surface area contributed by atoms with Gasteiger partial charge < -0.3 is 5.32 Å². The highest BCUT2D eigenvalue weighted by atomic mass is 19.1. The number of nitrogens with zero attached hydrogens (tertiary/aromatic N) is 1. The van der Waals surface area contributed by atoms with Crippen LogP contribution in [0.4, 0.5) is 10.1 Å². The monoisotopic (exact) mass is 196 g/mol. The highest BCUT2D eigenvalue weighted by molar-refractivity contribution is 5.43. The number of hydrogen-bond acceptors (Lipinski definition) is 3. The summed E-state index contributed by atoms with van der Waals surface area (Å²) in [5, 5.41) is 13.6. The van der Waals surface area contributed by atoms with Crippen molar-refractivity contribution in [3.63, 3.8) is 0 Å². The topological polar surface area (TPSA) is 55.2 Å². The molecule has 0 spiro atoms. The summed E-state index contributed by atoms with van der Waals surface area (Å²) < 4.78 is 13.3. The van der Waals surface area contributed by atoms with E-state index in [-0.39, 0.29) is 17.3 Å². The van der Waals surface area contributed by atoms with Crippen LogP contribution in [0.1, 0.15) is 18.0 Å². The van der Waals surface area contributed by atoms with Gasteiger partial charge in [-0.25, -0.2) is 4.39 Å². The van der Waals surface area contributed by atoms with Crippen molar-refractivity contribution in [1.82, 2.24) is 5.32 Å². The second-order valence-corrected chi connectivity index (χ2v) is 3.23. The molecular weight excluding hydrogens is 187 g/mol. The number of benzene rings is 1. The third-order valence-corrected chi connectivity index (χ3v) is 2.40. The van der Waals surface area contributed by atoms with Crippen molar-refractivity contribution < 1.29 is 9.31 Å². The van der Waals surface area contributed by atoms with E-state index in [0.29, 0.717) is 0 Å². The zero-order valence-electron chi connectivity index (χ0n) is 7.37. The SMILES string of the molecule is O=[N+]([O-])c1cccc(F)c1C1CCN1. The number of nitro groups is 1. The van der Waals surface area contributed by atoms with E-state index in [1.807, 2.05) is 0 Å². The molecule has 1 saturated heterocycles. The Morgan fingerprint density at radius 2 is 2.29 bits per heavy atom. The number of nitro benzene ring substituents is 1. The smallest absolute Gasteiger partial charge is 0.277 e. The normalized spacial score (nSPS) is 20.2. The molecule has 0 saturated carbocycles. The molecule has 0 bridgehead atoms. The Balaban J connectivity index is 2.47. The molecule has 0 aromatic heterocycles. The maximum Gasteiger partial charge on any atom is 0.277 e. The van der Waals surface area contributed by atoms with Crippen LogP contribution in [0.25, 0.3) is 0 Å². The van der Waals surface area contributed by atoms with Crippen LogP contribution in [0.2, 0.25) is 0 Å². The van der Waals surface area contributed by atoms with Crippen molar-refractivity contribution in [2.45, 2.75) is 12.5 Å². The van der Waals surface area contributed by atoms with Crippen LogP contribution in [-0.2, 0) is 0 Å². The molecular formula is C9H9FN2O2. The summed E-state index contributed by atoms with van der Waals surface area (Å²) in [6, 6.07) is 3.74. The Morgan fingerprint density at radius 1 is 1.57 bits per heavy atom. The van der Waals surface area contributed by atoms with Crippen molar-refractivity contribution in [2.75, 3.05) is 6.54 Å². The van der Waals surface area contributed by atoms with E-state index in [2.05, 4.69) is 5.32 Å². The van der Waals surface area contributed by atoms with E-state index in [0.717, 1.165) is 13.0 Å². The molecule has 4 nitrogen and oxygen atoms in total. The molecule has 0 aliphatic carbocycles. The maximum absolute atomic E-state index is 13.3. The summed E-state index contributed by atoms with van der Waals surface area (Å²) in [4.78, 5) is 10.1. The average Bonchev–Trinajstić information content (AvgIpc) is 2.04. The molecule has 2 rings (SSSR count). The predicted molar refractivity (Wildman–Crippen MR) is 48.4 cm³/mol. The summed E-state index contributed by atoms with van der Waals surface area (Å²) in [6.45, 7) is 0.788. The number of halogens is 1. The Bertz CT molecular complexity index is 377. The fourth-order valence-corrected chi connectivity index (χ4v) is 1.56. The van der Waals surface area contributed by atoms with Gasteiger partial charge in [0.2, 0.25) is 0 Å². The largest absolute Gasteiger partial charge is 0.309 e. The van der Waals surface area contributed by atoms with Crippen molar-refractivity contribution in [1.29, 1.82) is 0 Å². The van der Waals surface area contributed by atoms with Gasteiger partial charge >= 0.3 is 0 Å². The first kappa shape index (κ1) is 9.08. The standard InChI is InChI=1S/C9H9FN2O2/c10-6-2-1-3-8(12(13)14)9(6)7-4-5-11-7/h1-3,7,11H,4-5H2. The third kappa shape index (κ3) is 1.35. The van der Waals surface area contributed by atoms with Crippen molar-refractivity contribution in [3.8, 4) is 0 Å². The average molecular weight is 196 g/mol. The maximum atomic E-state index is 13.3. The van der Waals surface area contributed by atoms with Gasteiger partial charge in [0.1, 0.15) is 5.82 Å². The van der Waals surface area contributed by atoms with Gasteiger partial charge in [-0.3, -0.25) is 10.1 Å². The first-order chi connectivity index (χ1) is 6.70. The molecule has 1 heterocycles. The van der Waals surface area contributed by atoms with Gasteiger partial charge in [0.25, 0.3) is 5.69 Å². The van der Waals surface area contributed by atoms with Gasteiger partial charge in [-0.1, -0.05) is 6.07 Å². The van der Waals surface area contributed by atoms with Crippen LogP contribution < -0.4 is 5.32 Å². The minimum Gasteiger partial charge on any atom is -0.309 e. The summed E-state index contributed by atoms with van der Waals surface area (Å²) in [6.07, 6.45) is 0.752. The van der Waals surface area contributed by atoms with E-state index in [4.69, 9.17) is 0 Å². The second-order valence-electron chi connectivity index (χ2n) is 3.23. The molecule has 14 heavy (non-hydrogen) atoms. The molecule has 1 aromatic rings. The molecule has 1 N–H and O–H groups in total. The lowest BCUT2D eigenvalue weighted by Crippen LogP contribution is -2.36. The Morgan fingerprint density at radius 3 is 2.79 bits per heavy atom. The molecule has 5 heteroatoms. The molecule has 74 valence electrons. The summed E-state index contributed by atoms with van der Waals surface area (Å²) in [5.41, 5.74) is 0.0472.